The summed E-state index contributed by atoms with van der Waals surface area (Å²) in [5.74, 6) is 0. The van der Waals surface area contributed by atoms with Crippen LogP contribution < -0.4 is 0 Å². The van der Waals surface area contributed by atoms with Gasteiger partial charge in [0.1, 0.15) is 12.2 Å². The highest BCUT2D eigenvalue weighted by atomic mass is 16.7. The van der Waals surface area contributed by atoms with E-state index in [2.05, 4.69) is 0 Å². The molecule has 0 aromatic heterocycles. The van der Waals surface area contributed by atoms with Crippen LogP contribution in [0.25, 0.3) is 0 Å². The Hall–Kier alpha value is -1.36. The van der Waals surface area contributed by atoms with Crippen LogP contribution in [0.15, 0.2) is 42.7 Å². The molecule has 0 radical (unpaired) electrons. The van der Waals surface area contributed by atoms with Crippen LogP contribution in [0.3, 0.4) is 0 Å². The summed E-state index contributed by atoms with van der Waals surface area (Å²) in [7, 11) is 0. The molecule has 4 heteroatoms. The van der Waals surface area contributed by atoms with E-state index >= 15 is 0 Å². The van der Waals surface area contributed by atoms with Gasteiger partial charge in [0.2, 0.25) is 0 Å². The highest BCUT2D eigenvalue weighted by molar-refractivity contribution is 5.16. The number of ether oxygens (including phenoxy) is 3. The van der Waals surface area contributed by atoms with E-state index in [1.165, 1.54) is 6.26 Å². The van der Waals surface area contributed by atoms with E-state index in [1.807, 2.05) is 30.3 Å². The average molecular weight is 234 g/mol. The first-order valence-electron chi connectivity index (χ1n) is 5.67. The van der Waals surface area contributed by atoms with Crippen molar-refractivity contribution < 1.29 is 19.3 Å². The number of aliphatic hydroxyl groups excluding tert-OH is 1. The Morgan fingerprint density at radius 3 is 2.82 bits per heavy atom. The third-order valence-electron chi connectivity index (χ3n) is 3.00. The summed E-state index contributed by atoms with van der Waals surface area (Å²) in [6.07, 6.45) is 1.44. The van der Waals surface area contributed by atoms with E-state index < -0.39 is 12.4 Å². The first kappa shape index (κ1) is 10.8. The predicted molar refractivity (Wildman–Crippen MR) is 60.0 cm³/mol. The Bertz CT molecular complexity index is 403. The Kier molecular flexibility index (Phi) is 2.84. The van der Waals surface area contributed by atoms with Gasteiger partial charge in [-0.1, -0.05) is 30.3 Å². The standard InChI is InChI=1S/C13H14O4/c14-10-6-7-15-11-8-16-13(17-12(10)11)9-4-2-1-3-5-9/h1-7,10-14H,8H2/t10-,11-,12+,13+/m0/s1. The van der Waals surface area contributed by atoms with E-state index in [0.29, 0.717) is 6.61 Å². The molecule has 17 heavy (non-hydrogen) atoms. The molecule has 0 unspecified atom stereocenters. The Balaban J connectivity index is 1.77. The molecule has 90 valence electrons. The third kappa shape index (κ3) is 2.07. The quantitative estimate of drug-likeness (QED) is 0.797. The second-order valence-corrected chi connectivity index (χ2v) is 4.17. The molecule has 0 saturated carbocycles. The molecule has 1 aromatic rings. The maximum Gasteiger partial charge on any atom is 0.184 e. The summed E-state index contributed by atoms with van der Waals surface area (Å²) in [6.45, 7) is 0.422. The monoisotopic (exact) mass is 234 g/mol. The van der Waals surface area contributed by atoms with Gasteiger partial charge in [0.15, 0.2) is 12.4 Å². The van der Waals surface area contributed by atoms with Gasteiger partial charge in [-0.3, -0.25) is 0 Å². The summed E-state index contributed by atoms with van der Waals surface area (Å²) in [5, 5.41) is 9.82. The van der Waals surface area contributed by atoms with Crippen LogP contribution in [0.5, 0.6) is 0 Å². The van der Waals surface area contributed by atoms with Crippen molar-refractivity contribution in [2.45, 2.75) is 24.6 Å². The zero-order valence-corrected chi connectivity index (χ0v) is 9.23. The van der Waals surface area contributed by atoms with Crippen molar-refractivity contribution in [1.82, 2.24) is 0 Å². The number of rotatable bonds is 1. The molecule has 2 heterocycles. The minimum absolute atomic E-state index is 0.227. The van der Waals surface area contributed by atoms with Crippen molar-refractivity contribution in [3.63, 3.8) is 0 Å². The highest BCUT2D eigenvalue weighted by Crippen LogP contribution is 2.30. The van der Waals surface area contributed by atoms with Crippen molar-refractivity contribution in [3.8, 4) is 0 Å². The molecular weight excluding hydrogens is 220 g/mol. The maximum absolute atomic E-state index is 9.82. The number of hydrogen-bond acceptors (Lipinski definition) is 4. The van der Waals surface area contributed by atoms with E-state index in [4.69, 9.17) is 14.2 Å². The Morgan fingerprint density at radius 1 is 1.18 bits per heavy atom. The number of fused-ring (bicyclic) bond motifs is 1. The molecule has 1 aromatic carbocycles. The minimum Gasteiger partial charge on any atom is -0.493 e. The SMILES string of the molecule is O[C@H]1C=CO[C@H]2CO[C@@H](c3ccccc3)O[C@@H]21. The van der Waals surface area contributed by atoms with Crippen molar-refractivity contribution >= 4 is 0 Å². The lowest BCUT2D eigenvalue weighted by atomic mass is 10.0. The Morgan fingerprint density at radius 2 is 2.00 bits per heavy atom. The lowest BCUT2D eigenvalue weighted by Gasteiger charge is -2.39. The Labute approximate surface area is 99.4 Å². The number of benzene rings is 1. The molecule has 1 saturated heterocycles. The molecule has 0 spiro atoms. The third-order valence-corrected chi connectivity index (χ3v) is 3.00. The molecule has 4 nitrogen and oxygen atoms in total. The van der Waals surface area contributed by atoms with Crippen LogP contribution in [0.2, 0.25) is 0 Å². The maximum atomic E-state index is 9.82. The second kappa shape index (κ2) is 4.49. The molecule has 4 atom stereocenters. The zero-order chi connectivity index (χ0) is 11.7. The van der Waals surface area contributed by atoms with Gasteiger partial charge in [0, 0.05) is 5.56 Å². The van der Waals surface area contributed by atoms with Crippen molar-refractivity contribution in [1.29, 1.82) is 0 Å². The molecule has 2 aliphatic rings. The summed E-state index contributed by atoms with van der Waals surface area (Å²) < 4.78 is 16.7. The van der Waals surface area contributed by atoms with Crippen LogP contribution in [-0.2, 0) is 14.2 Å². The molecular formula is C13H14O4. The lowest BCUT2D eigenvalue weighted by Crippen LogP contribution is -2.49. The molecule has 0 aliphatic carbocycles. The van der Waals surface area contributed by atoms with Gasteiger partial charge in [-0.05, 0) is 6.08 Å². The summed E-state index contributed by atoms with van der Waals surface area (Å²) >= 11 is 0. The normalized spacial score (nSPS) is 36.1. The fraction of sp³-hybridized carbons (Fsp3) is 0.385. The predicted octanol–water partition coefficient (Wildman–Crippen LogP) is 1.37. The topological polar surface area (TPSA) is 47.9 Å². The largest absolute Gasteiger partial charge is 0.493 e. The van der Waals surface area contributed by atoms with Crippen molar-refractivity contribution in [2.24, 2.45) is 0 Å². The summed E-state index contributed by atoms with van der Waals surface area (Å²) in [5.41, 5.74) is 0.952. The number of aliphatic hydroxyl groups is 1. The van der Waals surface area contributed by atoms with Crippen LogP contribution in [0, 0.1) is 0 Å². The van der Waals surface area contributed by atoms with E-state index in [1.54, 1.807) is 6.08 Å². The van der Waals surface area contributed by atoms with Crippen molar-refractivity contribution in [3.05, 3.63) is 48.2 Å². The molecule has 1 N–H and O–H groups in total. The van der Waals surface area contributed by atoms with Gasteiger partial charge in [0.05, 0.1) is 12.9 Å². The summed E-state index contributed by atoms with van der Waals surface area (Å²) in [4.78, 5) is 0. The molecule has 1 fully saturated rings. The summed E-state index contributed by atoms with van der Waals surface area (Å²) in [6, 6.07) is 9.69. The van der Waals surface area contributed by atoms with Gasteiger partial charge >= 0.3 is 0 Å². The number of hydrogen-bond donors (Lipinski definition) is 1. The minimum atomic E-state index is -0.635. The van der Waals surface area contributed by atoms with E-state index in [9.17, 15) is 5.11 Å². The van der Waals surface area contributed by atoms with E-state index in [0.717, 1.165) is 5.56 Å². The van der Waals surface area contributed by atoms with Gasteiger partial charge < -0.3 is 19.3 Å². The molecule has 3 rings (SSSR count). The average Bonchev–Trinajstić information content (AvgIpc) is 2.40. The van der Waals surface area contributed by atoms with E-state index in [-0.39, 0.29) is 12.2 Å². The first-order valence-corrected chi connectivity index (χ1v) is 5.67. The van der Waals surface area contributed by atoms with Crippen molar-refractivity contribution in [2.75, 3.05) is 6.61 Å². The van der Waals surface area contributed by atoms with Crippen LogP contribution >= 0.6 is 0 Å². The zero-order valence-electron chi connectivity index (χ0n) is 9.23. The highest BCUT2D eigenvalue weighted by Gasteiger charge is 2.39. The second-order valence-electron chi connectivity index (χ2n) is 4.17. The van der Waals surface area contributed by atoms with Gasteiger partial charge in [-0.15, -0.1) is 0 Å². The fourth-order valence-corrected chi connectivity index (χ4v) is 2.09. The van der Waals surface area contributed by atoms with Gasteiger partial charge in [-0.25, -0.2) is 0 Å². The van der Waals surface area contributed by atoms with Crippen LogP contribution in [0.1, 0.15) is 11.9 Å². The van der Waals surface area contributed by atoms with Crippen LogP contribution in [-0.4, -0.2) is 30.0 Å². The molecule has 0 amide bonds. The molecule has 2 aliphatic heterocycles. The van der Waals surface area contributed by atoms with Crippen LogP contribution in [0.4, 0.5) is 0 Å². The molecule has 0 bridgehead atoms. The first-order chi connectivity index (χ1) is 8.34. The van der Waals surface area contributed by atoms with Gasteiger partial charge in [0.25, 0.3) is 0 Å². The van der Waals surface area contributed by atoms with Gasteiger partial charge in [-0.2, -0.15) is 0 Å². The fourth-order valence-electron chi connectivity index (χ4n) is 2.09. The lowest BCUT2D eigenvalue weighted by molar-refractivity contribution is -0.276. The smallest absolute Gasteiger partial charge is 0.184 e.